The van der Waals surface area contributed by atoms with Crippen molar-refractivity contribution in [1.29, 1.82) is 0 Å². The van der Waals surface area contributed by atoms with Crippen LogP contribution < -0.4 is 0 Å². The van der Waals surface area contributed by atoms with Gasteiger partial charge in [0.2, 0.25) is 0 Å². The van der Waals surface area contributed by atoms with Gasteiger partial charge in [-0.2, -0.15) is 0 Å². The zero-order valence-corrected chi connectivity index (χ0v) is 11.8. The maximum atomic E-state index is 10.6. The molecule has 0 aliphatic rings. The van der Waals surface area contributed by atoms with Crippen molar-refractivity contribution in [3.63, 3.8) is 0 Å². The molecule has 0 aliphatic carbocycles. The Morgan fingerprint density at radius 1 is 1.05 bits per heavy atom. The summed E-state index contributed by atoms with van der Waals surface area (Å²) >= 11 is 0. The maximum absolute atomic E-state index is 10.6. The second kappa shape index (κ2) is 6.18. The Morgan fingerprint density at radius 2 is 1.82 bits per heavy atom. The number of hydrogen-bond acceptors (Lipinski definition) is 3. The Labute approximate surface area is 127 Å². The van der Waals surface area contributed by atoms with Crippen LogP contribution in [0.1, 0.15) is 11.3 Å². The van der Waals surface area contributed by atoms with E-state index in [4.69, 9.17) is 5.11 Å². The van der Waals surface area contributed by atoms with Crippen molar-refractivity contribution in [3.8, 4) is 0 Å². The van der Waals surface area contributed by atoms with Gasteiger partial charge >= 0.3 is 5.97 Å². The molecule has 22 heavy (non-hydrogen) atoms. The van der Waals surface area contributed by atoms with E-state index < -0.39 is 5.97 Å². The lowest BCUT2D eigenvalue weighted by atomic mass is 10.1. The van der Waals surface area contributed by atoms with Gasteiger partial charge in [0.1, 0.15) is 0 Å². The number of rotatable bonds is 4. The molecule has 1 heterocycles. The number of carboxylic acid groups (broad SMARTS) is 1. The number of fused-ring (bicyclic) bond motifs is 1. The number of aliphatic imine (C=N–C) groups is 1. The van der Waals surface area contributed by atoms with E-state index in [1.54, 1.807) is 30.5 Å². The molecule has 0 saturated carbocycles. The van der Waals surface area contributed by atoms with Crippen LogP contribution >= 0.6 is 0 Å². The monoisotopic (exact) mass is 290 g/mol. The highest BCUT2D eigenvalue weighted by Crippen LogP contribution is 2.15. The van der Waals surface area contributed by atoms with Gasteiger partial charge in [-0.25, -0.2) is 4.98 Å². The largest absolute Gasteiger partial charge is 0.481 e. The highest BCUT2D eigenvalue weighted by Gasteiger charge is 2.00. The predicted octanol–water partition coefficient (Wildman–Crippen LogP) is 3.61. The number of hydrogen-bond donors (Lipinski definition) is 1. The molecule has 0 radical (unpaired) electrons. The highest BCUT2D eigenvalue weighted by molar-refractivity contribution is 5.86. The van der Waals surface area contributed by atoms with Crippen LogP contribution in [0.2, 0.25) is 0 Å². The fraction of sp³-hybridized carbons (Fsp3) is 0.0556. The molecule has 0 saturated heterocycles. The number of carboxylic acids is 1. The molecule has 0 spiro atoms. The van der Waals surface area contributed by atoms with Gasteiger partial charge in [-0.15, -0.1) is 0 Å². The SMILES string of the molecule is O=C(O)Cc1ccc(/N=C/c2ccc3ccccc3n2)cc1. The standard InChI is InChI=1S/C18H14N2O2/c21-18(22)11-13-5-8-15(9-6-13)19-12-16-10-7-14-3-1-2-4-17(14)20-16/h1-10,12H,11H2,(H,21,22)/b19-12+. The molecule has 0 bridgehead atoms. The van der Waals surface area contributed by atoms with Gasteiger partial charge in [0.05, 0.1) is 29.5 Å². The van der Waals surface area contributed by atoms with Gasteiger partial charge in [-0.05, 0) is 29.8 Å². The van der Waals surface area contributed by atoms with E-state index in [9.17, 15) is 4.79 Å². The Kier molecular flexibility index (Phi) is 3.92. The van der Waals surface area contributed by atoms with E-state index in [1.165, 1.54) is 0 Å². The molecule has 0 amide bonds. The molecular weight excluding hydrogens is 276 g/mol. The number of carbonyl (C=O) groups is 1. The minimum absolute atomic E-state index is 0.0240. The van der Waals surface area contributed by atoms with Crippen molar-refractivity contribution >= 4 is 28.8 Å². The van der Waals surface area contributed by atoms with Crippen molar-refractivity contribution in [2.24, 2.45) is 4.99 Å². The average Bonchev–Trinajstić information content (AvgIpc) is 2.53. The van der Waals surface area contributed by atoms with Crippen LogP contribution in [0.15, 0.2) is 65.7 Å². The summed E-state index contributed by atoms with van der Waals surface area (Å²) in [5, 5.41) is 9.83. The normalized spacial score (nSPS) is 11.1. The zero-order chi connectivity index (χ0) is 15.4. The van der Waals surface area contributed by atoms with Crippen molar-refractivity contribution in [3.05, 3.63) is 71.9 Å². The van der Waals surface area contributed by atoms with Crippen LogP contribution in [0, 0.1) is 0 Å². The second-order valence-electron chi connectivity index (χ2n) is 4.92. The molecule has 1 N–H and O–H groups in total. The summed E-state index contributed by atoms with van der Waals surface area (Å²) in [5.41, 5.74) is 3.25. The van der Waals surface area contributed by atoms with Crippen molar-refractivity contribution in [2.45, 2.75) is 6.42 Å². The topological polar surface area (TPSA) is 62.5 Å². The quantitative estimate of drug-likeness (QED) is 0.746. The van der Waals surface area contributed by atoms with E-state index in [0.717, 1.165) is 27.8 Å². The predicted molar refractivity (Wildman–Crippen MR) is 86.8 cm³/mol. The molecule has 4 nitrogen and oxygen atoms in total. The molecule has 3 aromatic rings. The highest BCUT2D eigenvalue weighted by atomic mass is 16.4. The number of para-hydroxylation sites is 1. The molecule has 108 valence electrons. The molecule has 0 atom stereocenters. The summed E-state index contributed by atoms with van der Waals surface area (Å²) < 4.78 is 0. The van der Waals surface area contributed by atoms with Crippen molar-refractivity contribution in [1.82, 2.24) is 4.98 Å². The number of pyridine rings is 1. The molecule has 0 fully saturated rings. The van der Waals surface area contributed by atoms with Crippen LogP contribution in [0.4, 0.5) is 5.69 Å². The minimum Gasteiger partial charge on any atom is -0.481 e. The maximum Gasteiger partial charge on any atom is 0.307 e. The molecule has 1 aromatic heterocycles. The lowest BCUT2D eigenvalue weighted by molar-refractivity contribution is -0.136. The van der Waals surface area contributed by atoms with Crippen molar-refractivity contribution in [2.75, 3.05) is 0 Å². The smallest absolute Gasteiger partial charge is 0.307 e. The Bertz CT molecular complexity index is 839. The first-order valence-electron chi connectivity index (χ1n) is 6.91. The van der Waals surface area contributed by atoms with E-state index in [1.807, 2.05) is 36.4 Å². The number of aliphatic carboxylic acids is 1. The molecular formula is C18H14N2O2. The summed E-state index contributed by atoms with van der Waals surface area (Å²) in [6.45, 7) is 0. The summed E-state index contributed by atoms with van der Waals surface area (Å²) in [5.74, 6) is -0.836. The van der Waals surface area contributed by atoms with Crippen LogP contribution in [-0.2, 0) is 11.2 Å². The lowest BCUT2D eigenvalue weighted by Crippen LogP contribution is -1.99. The first-order valence-corrected chi connectivity index (χ1v) is 6.91. The molecule has 4 heteroatoms. The van der Waals surface area contributed by atoms with Crippen LogP contribution in [0.25, 0.3) is 10.9 Å². The van der Waals surface area contributed by atoms with Crippen LogP contribution in [-0.4, -0.2) is 22.3 Å². The summed E-state index contributed by atoms with van der Waals surface area (Å²) in [6, 6.07) is 19.0. The zero-order valence-electron chi connectivity index (χ0n) is 11.8. The van der Waals surface area contributed by atoms with E-state index in [2.05, 4.69) is 9.98 Å². The molecule has 3 rings (SSSR count). The first kappa shape index (κ1) is 13.9. The van der Waals surface area contributed by atoms with E-state index in [0.29, 0.717) is 0 Å². The second-order valence-corrected chi connectivity index (χ2v) is 4.92. The fourth-order valence-corrected chi connectivity index (χ4v) is 2.17. The van der Waals surface area contributed by atoms with Gasteiger partial charge in [-0.3, -0.25) is 9.79 Å². The van der Waals surface area contributed by atoms with Gasteiger partial charge < -0.3 is 5.11 Å². The van der Waals surface area contributed by atoms with E-state index in [-0.39, 0.29) is 6.42 Å². The lowest BCUT2D eigenvalue weighted by Gasteiger charge is -1.99. The van der Waals surface area contributed by atoms with E-state index >= 15 is 0 Å². The number of nitrogens with zero attached hydrogens (tertiary/aromatic N) is 2. The Balaban J connectivity index is 1.78. The number of aromatic nitrogens is 1. The van der Waals surface area contributed by atoms with Crippen LogP contribution in [0.3, 0.4) is 0 Å². The van der Waals surface area contributed by atoms with Gasteiger partial charge in [-0.1, -0.05) is 36.4 Å². The third kappa shape index (κ3) is 3.35. The van der Waals surface area contributed by atoms with Gasteiger partial charge in [0, 0.05) is 5.39 Å². The molecule has 0 unspecified atom stereocenters. The summed E-state index contributed by atoms with van der Waals surface area (Å²) in [7, 11) is 0. The molecule has 0 aliphatic heterocycles. The first-order chi connectivity index (χ1) is 10.7. The van der Waals surface area contributed by atoms with Gasteiger partial charge in [0.25, 0.3) is 0 Å². The summed E-state index contributed by atoms with van der Waals surface area (Å²) in [4.78, 5) is 19.5. The Hall–Kier alpha value is -3.01. The average molecular weight is 290 g/mol. The fourth-order valence-electron chi connectivity index (χ4n) is 2.17. The van der Waals surface area contributed by atoms with Gasteiger partial charge in [0.15, 0.2) is 0 Å². The minimum atomic E-state index is -0.836. The molecule has 2 aromatic carbocycles. The third-order valence-corrected chi connectivity index (χ3v) is 3.26. The third-order valence-electron chi connectivity index (χ3n) is 3.26. The van der Waals surface area contributed by atoms with Crippen molar-refractivity contribution < 1.29 is 9.90 Å². The van der Waals surface area contributed by atoms with Crippen LogP contribution in [0.5, 0.6) is 0 Å². The summed E-state index contributed by atoms with van der Waals surface area (Å²) in [6.07, 6.45) is 1.73. The number of benzene rings is 2. The Morgan fingerprint density at radius 3 is 2.59 bits per heavy atom.